The number of nitrogens with zero attached hydrogens (tertiary/aromatic N) is 2. The van der Waals surface area contributed by atoms with Crippen molar-refractivity contribution in [3.8, 4) is 0 Å². The van der Waals surface area contributed by atoms with Gasteiger partial charge >= 0.3 is 0 Å². The molecule has 10 nitrogen and oxygen atoms in total. The molecule has 0 spiro atoms. The fourth-order valence-corrected chi connectivity index (χ4v) is 2.54. The zero-order chi connectivity index (χ0) is 14.5. The third kappa shape index (κ3) is 1.78. The molecule has 0 aromatic carbocycles. The molecule has 1 saturated heterocycles. The highest BCUT2D eigenvalue weighted by molar-refractivity contribution is 5.77. The molecule has 10 heteroatoms. The number of rotatable bonds is 2. The lowest BCUT2D eigenvalue weighted by Gasteiger charge is -2.23. The highest BCUT2D eigenvalue weighted by atomic mass is 16.3. The summed E-state index contributed by atoms with van der Waals surface area (Å²) in [5.74, 6) is -0.0500. The second-order valence-corrected chi connectivity index (χ2v) is 4.92. The summed E-state index contributed by atoms with van der Waals surface area (Å²) >= 11 is 0. The minimum absolute atomic E-state index is 0.0500. The van der Waals surface area contributed by atoms with Gasteiger partial charge in [0.1, 0.15) is 11.2 Å². The third-order valence-corrected chi connectivity index (χ3v) is 3.51. The molecule has 0 unspecified atom stereocenters. The molecule has 3 rings (SSSR count). The van der Waals surface area contributed by atoms with Gasteiger partial charge in [0.05, 0.1) is 24.4 Å². The van der Waals surface area contributed by atoms with E-state index >= 15 is 0 Å². The number of nitrogens with one attached hydrogen (secondary N) is 3. The quantitative estimate of drug-likeness (QED) is 0.305. The lowest BCUT2D eigenvalue weighted by Crippen LogP contribution is -2.49. The molecule has 1 fully saturated rings. The molecule has 1 aliphatic rings. The van der Waals surface area contributed by atoms with E-state index in [1.165, 1.54) is 0 Å². The van der Waals surface area contributed by atoms with E-state index in [0.29, 0.717) is 5.69 Å². The molecule has 108 valence electrons. The summed E-state index contributed by atoms with van der Waals surface area (Å²) in [6, 6.07) is -0.558. The van der Waals surface area contributed by atoms with Gasteiger partial charge in [-0.05, 0) is 0 Å². The molecule has 0 saturated carbocycles. The van der Waals surface area contributed by atoms with Gasteiger partial charge in [0.15, 0.2) is 5.52 Å². The predicted octanol–water partition coefficient (Wildman–Crippen LogP) is -2.94. The van der Waals surface area contributed by atoms with Crippen LogP contribution in [0.25, 0.3) is 11.0 Å². The van der Waals surface area contributed by atoms with E-state index < -0.39 is 23.4 Å². The highest BCUT2D eigenvalue weighted by Crippen LogP contribution is 2.30. The van der Waals surface area contributed by atoms with Crippen molar-refractivity contribution >= 4 is 17.0 Å². The van der Waals surface area contributed by atoms with E-state index in [9.17, 15) is 15.0 Å². The standard InChI is InChI=1S/C10H15N7O3/c11-9-13-5-6(8(20)14-9)16-17-7(5)10(12)1-4(19)3(2-18)15-10/h3-4,15,18-19H,1-2,12H2,(H,16,17)(H3,11,13,14,20)/t3-,4+,10-/m1/s1. The number of fused-ring (bicyclic) bond motifs is 1. The third-order valence-electron chi connectivity index (χ3n) is 3.51. The molecule has 2 aromatic heterocycles. The normalized spacial score (nSPS) is 30.1. The fraction of sp³-hybridized carbons (Fsp3) is 0.500. The Bertz CT molecular complexity index is 710. The van der Waals surface area contributed by atoms with Gasteiger partial charge < -0.3 is 21.7 Å². The Labute approximate surface area is 112 Å². The average Bonchev–Trinajstić information content (AvgIpc) is 2.91. The number of aromatic amines is 2. The summed E-state index contributed by atoms with van der Waals surface area (Å²) in [7, 11) is 0. The Morgan fingerprint density at radius 1 is 1.45 bits per heavy atom. The number of aromatic nitrogens is 4. The van der Waals surface area contributed by atoms with Crippen LogP contribution < -0.4 is 22.3 Å². The number of nitrogen functional groups attached to an aromatic ring is 1. The second kappa shape index (κ2) is 4.24. The molecule has 20 heavy (non-hydrogen) atoms. The van der Waals surface area contributed by atoms with E-state index in [1.54, 1.807) is 0 Å². The smallest absolute Gasteiger partial charge is 0.280 e. The van der Waals surface area contributed by atoms with Gasteiger partial charge in [-0.2, -0.15) is 5.10 Å². The molecule has 3 heterocycles. The van der Waals surface area contributed by atoms with Crippen molar-refractivity contribution in [1.82, 2.24) is 25.5 Å². The van der Waals surface area contributed by atoms with Gasteiger partial charge in [0, 0.05) is 6.42 Å². The Kier molecular flexibility index (Phi) is 2.76. The van der Waals surface area contributed by atoms with Crippen molar-refractivity contribution in [2.24, 2.45) is 5.73 Å². The zero-order valence-electron chi connectivity index (χ0n) is 10.4. The number of anilines is 1. The monoisotopic (exact) mass is 281 g/mol. The van der Waals surface area contributed by atoms with E-state index in [1.807, 2.05) is 0 Å². The Hall–Kier alpha value is -2.01. The Balaban J connectivity index is 2.14. The molecule has 0 bridgehead atoms. The minimum atomic E-state index is -1.17. The maximum absolute atomic E-state index is 11.7. The molecule has 0 aliphatic carbocycles. The van der Waals surface area contributed by atoms with Crippen molar-refractivity contribution in [3.05, 3.63) is 16.0 Å². The van der Waals surface area contributed by atoms with Crippen molar-refractivity contribution < 1.29 is 10.2 Å². The summed E-state index contributed by atoms with van der Waals surface area (Å²) in [4.78, 5) is 18.1. The van der Waals surface area contributed by atoms with Crippen LogP contribution in [0.2, 0.25) is 0 Å². The maximum Gasteiger partial charge on any atom is 0.280 e. The van der Waals surface area contributed by atoms with Crippen LogP contribution in [0.3, 0.4) is 0 Å². The largest absolute Gasteiger partial charge is 0.395 e. The topological polar surface area (TPSA) is 179 Å². The number of hydrogen-bond acceptors (Lipinski definition) is 8. The highest BCUT2D eigenvalue weighted by Gasteiger charge is 2.44. The number of nitrogens with two attached hydrogens (primary N) is 2. The van der Waals surface area contributed by atoms with Crippen molar-refractivity contribution in [3.63, 3.8) is 0 Å². The lowest BCUT2D eigenvalue weighted by molar-refractivity contribution is 0.120. The number of aliphatic hydroxyl groups is 2. The molecule has 0 amide bonds. The van der Waals surface area contributed by atoms with Crippen LogP contribution >= 0.6 is 0 Å². The maximum atomic E-state index is 11.7. The summed E-state index contributed by atoms with van der Waals surface area (Å²) < 4.78 is 0. The van der Waals surface area contributed by atoms with Crippen molar-refractivity contribution in [2.45, 2.75) is 24.2 Å². The van der Waals surface area contributed by atoms with Crippen LogP contribution in [0.15, 0.2) is 4.79 Å². The van der Waals surface area contributed by atoms with Crippen LogP contribution in [-0.2, 0) is 5.66 Å². The first-order valence-electron chi connectivity index (χ1n) is 6.04. The summed E-state index contributed by atoms with van der Waals surface area (Å²) in [6.07, 6.45) is -0.674. The van der Waals surface area contributed by atoms with Gasteiger partial charge in [0.25, 0.3) is 5.56 Å². The predicted molar refractivity (Wildman–Crippen MR) is 69.4 cm³/mol. The Morgan fingerprint density at radius 3 is 2.85 bits per heavy atom. The van der Waals surface area contributed by atoms with Gasteiger partial charge in [-0.1, -0.05) is 0 Å². The van der Waals surface area contributed by atoms with Crippen LogP contribution in [0.1, 0.15) is 12.1 Å². The number of H-pyrrole nitrogens is 2. The van der Waals surface area contributed by atoms with Crippen LogP contribution in [0.4, 0.5) is 5.95 Å². The first kappa shape index (κ1) is 13.0. The molecule has 9 N–H and O–H groups in total. The van der Waals surface area contributed by atoms with E-state index in [2.05, 4.69) is 25.5 Å². The number of aliphatic hydroxyl groups excluding tert-OH is 2. The van der Waals surface area contributed by atoms with Gasteiger partial charge in [-0.15, -0.1) is 0 Å². The minimum Gasteiger partial charge on any atom is -0.395 e. The average molecular weight is 281 g/mol. The molecule has 3 atom stereocenters. The van der Waals surface area contributed by atoms with E-state index in [-0.39, 0.29) is 30.0 Å². The van der Waals surface area contributed by atoms with Crippen LogP contribution in [-0.4, -0.2) is 49.1 Å². The van der Waals surface area contributed by atoms with Crippen molar-refractivity contribution in [1.29, 1.82) is 0 Å². The first-order valence-corrected chi connectivity index (χ1v) is 6.04. The number of hydrogen-bond donors (Lipinski definition) is 7. The molecule has 1 aliphatic heterocycles. The van der Waals surface area contributed by atoms with Crippen LogP contribution in [0, 0.1) is 0 Å². The summed E-state index contributed by atoms with van der Waals surface area (Å²) in [6.45, 7) is -0.262. The van der Waals surface area contributed by atoms with Gasteiger partial charge in [-0.3, -0.25) is 20.2 Å². The first-order chi connectivity index (χ1) is 9.44. The van der Waals surface area contributed by atoms with E-state index in [4.69, 9.17) is 11.5 Å². The molecular formula is C10H15N7O3. The van der Waals surface area contributed by atoms with Gasteiger partial charge in [0.2, 0.25) is 5.95 Å². The Morgan fingerprint density at radius 2 is 2.20 bits per heavy atom. The SMILES string of the molecule is Nc1nc2c([C@@]3(N)C[C@H](O)[C@@H](CO)N3)[nH]nc2c(=O)[nH]1. The van der Waals surface area contributed by atoms with Gasteiger partial charge in [-0.25, -0.2) is 4.98 Å². The van der Waals surface area contributed by atoms with Crippen LogP contribution in [0.5, 0.6) is 0 Å². The molecular weight excluding hydrogens is 266 g/mol. The fourth-order valence-electron chi connectivity index (χ4n) is 2.54. The lowest BCUT2D eigenvalue weighted by atomic mass is 10.0. The summed E-state index contributed by atoms with van der Waals surface area (Å²) in [5, 5.41) is 28.5. The molecule has 0 radical (unpaired) electrons. The summed E-state index contributed by atoms with van der Waals surface area (Å²) in [5.41, 5.74) is 10.7. The second-order valence-electron chi connectivity index (χ2n) is 4.92. The van der Waals surface area contributed by atoms with Crippen molar-refractivity contribution in [2.75, 3.05) is 12.3 Å². The zero-order valence-corrected chi connectivity index (χ0v) is 10.4. The van der Waals surface area contributed by atoms with E-state index in [0.717, 1.165) is 0 Å². The molecule has 2 aromatic rings.